The summed E-state index contributed by atoms with van der Waals surface area (Å²) in [6, 6.07) is 20.5. The fourth-order valence-corrected chi connectivity index (χ4v) is 4.91. The Kier molecular flexibility index (Phi) is 11.4. The second-order valence-electron chi connectivity index (χ2n) is 10.3. The molecule has 1 N–H and O–H groups in total. The lowest BCUT2D eigenvalue weighted by atomic mass is 10.1. The van der Waals surface area contributed by atoms with Crippen LogP contribution in [-0.2, 0) is 11.3 Å². The first-order valence-corrected chi connectivity index (χ1v) is 14.4. The molecular weight excluding hydrogens is 548 g/mol. The number of ether oxygens (including phenoxy) is 4. The smallest absolute Gasteiger partial charge is 0.257 e. The molecule has 0 aliphatic rings. The van der Waals surface area contributed by atoms with Crippen molar-refractivity contribution in [1.29, 1.82) is 0 Å². The first kappa shape index (κ1) is 31.4. The summed E-state index contributed by atoms with van der Waals surface area (Å²) in [6.07, 6.45) is 4.27. The molecule has 0 saturated heterocycles. The number of hydrogen-bond acceptors (Lipinski definition) is 8. The van der Waals surface area contributed by atoms with Crippen LogP contribution in [0.15, 0.2) is 75.9 Å². The van der Waals surface area contributed by atoms with Crippen LogP contribution in [0.4, 0.5) is 0 Å². The number of nitrogens with zero attached hydrogens (tertiary/aromatic N) is 1. The fourth-order valence-electron chi connectivity index (χ4n) is 4.91. The number of fused-ring (bicyclic) bond motifs is 1. The van der Waals surface area contributed by atoms with Crippen molar-refractivity contribution in [2.45, 2.75) is 32.2 Å². The maximum atomic E-state index is 13.0. The lowest BCUT2D eigenvalue weighted by molar-refractivity contribution is -0.123. The van der Waals surface area contributed by atoms with Gasteiger partial charge >= 0.3 is 0 Å². The van der Waals surface area contributed by atoms with Crippen LogP contribution in [0.2, 0.25) is 0 Å². The largest absolute Gasteiger partial charge is 0.493 e. The first-order valence-electron chi connectivity index (χ1n) is 14.4. The average Bonchev–Trinajstić information content (AvgIpc) is 3.02. The Hall–Kier alpha value is -4.50. The summed E-state index contributed by atoms with van der Waals surface area (Å²) in [5.74, 6) is 1.71. The molecule has 9 heteroatoms. The topological polar surface area (TPSA) is 99.5 Å². The fraction of sp³-hybridized carbons (Fsp3) is 0.353. The van der Waals surface area contributed by atoms with Crippen LogP contribution in [-0.4, -0.2) is 58.9 Å². The number of unbranched alkanes of at least 4 members (excludes halogenated alkanes) is 3. The van der Waals surface area contributed by atoms with E-state index in [1.165, 1.54) is 33.0 Å². The van der Waals surface area contributed by atoms with Crippen LogP contribution in [0.25, 0.3) is 22.3 Å². The Bertz CT molecular complexity index is 1530. The molecule has 0 saturated carbocycles. The number of carbonyl (C=O) groups is 1. The minimum Gasteiger partial charge on any atom is -0.493 e. The number of amides is 1. The van der Waals surface area contributed by atoms with Gasteiger partial charge in [0, 0.05) is 30.8 Å². The second-order valence-corrected chi connectivity index (χ2v) is 10.3. The van der Waals surface area contributed by atoms with Gasteiger partial charge in [-0.15, -0.1) is 0 Å². The Labute approximate surface area is 252 Å². The molecule has 0 fully saturated rings. The van der Waals surface area contributed by atoms with Gasteiger partial charge in [0.1, 0.15) is 22.5 Å². The van der Waals surface area contributed by atoms with Crippen LogP contribution >= 0.6 is 0 Å². The van der Waals surface area contributed by atoms with E-state index in [2.05, 4.69) is 41.5 Å². The lowest BCUT2D eigenvalue weighted by Gasteiger charge is -2.16. The molecule has 1 aromatic heterocycles. The van der Waals surface area contributed by atoms with Crippen molar-refractivity contribution < 1.29 is 28.2 Å². The van der Waals surface area contributed by atoms with E-state index in [4.69, 9.17) is 23.4 Å². The van der Waals surface area contributed by atoms with Gasteiger partial charge in [-0.1, -0.05) is 43.2 Å². The van der Waals surface area contributed by atoms with Crippen molar-refractivity contribution in [3.8, 4) is 34.3 Å². The second kappa shape index (κ2) is 15.7. The number of nitrogens with one attached hydrogen (secondary N) is 1. The third-order valence-corrected chi connectivity index (χ3v) is 7.12. The van der Waals surface area contributed by atoms with Crippen molar-refractivity contribution >= 4 is 16.9 Å². The van der Waals surface area contributed by atoms with E-state index >= 15 is 0 Å². The maximum Gasteiger partial charge on any atom is 0.257 e. The Balaban J connectivity index is 1.21. The van der Waals surface area contributed by atoms with Gasteiger partial charge in [-0.2, -0.15) is 0 Å². The van der Waals surface area contributed by atoms with Gasteiger partial charge < -0.3 is 33.6 Å². The highest BCUT2D eigenvalue weighted by Gasteiger charge is 2.20. The van der Waals surface area contributed by atoms with Gasteiger partial charge in [0.2, 0.25) is 5.75 Å². The molecule has 4 rings (SSSR count). The summed E-state index contributed by atoms with van der Waals surface area (Å²) >= 11 is 0. The number of benzene rings is 3. The minimum atomic E-state index is -0.276. The van der Waals surface area contributed by atoms with Crippen LogP contribution in [0.3, 0.4) is 0 Å². The van der Waals surface area contributed by atoms with E-state index < -0.39 is 0 Å². The Morgan fingerprint density at radius 1 is 0.860 bits per heavy atom. The third kappa shape index (κ3) is 8.51. The van der Waals surface area contributed by atoms with Crippen molar-refractivity contribution in [3.05, 3.63) is 82.5 Å². The molecular formula is C34H40N2O7. The average molecular weight is 589 g/mol. The quantitative estimate of drug-likeness (QED) is 0.167. The Morgan fingerprint density at radius 2 is 1.58 bits per heavy atom. The van der Waals surface area contributed by atoms with Crippen molar-refractivity contribution in [3.63, 3.8) is 0 Å². The van der Waals surface area contributed by atoms with Crippen molar-refractivity contribution in [2.24, 2.45) is 0 Å². The SMILES string of the molecule is COc1cc2oc(-c3ccc(OCC(=O)NCCCCCCN(C)Cc4ccccc4)cc3)cc(=O)c2c(OC)c1OC. The summed E-state index contributed by atoms with van der Waals surface area (Å²) in [4.78, 5) is 27.6. The van der Waals surface area contributed by atoms with E-state index in [1.807, 2.05) is 6.07 Å². The predicted octanol–water partition coefficient (Wildman–Crippen LogP) is 5.67. The molecule has 3 aromatic carbocycles. The van der Waals surface area contributed by atoms with Gasteiger partial charge in [-0.25, -0.2) is 0 Å². The van der Waals surface area contributed by atoms with Crippen LogP contribution in [0, 0.1) is 0 Å². The van der Waals surface area contributed by atoms with Gasteiger partial charge in [0.05, 0.1) is 21.3 Å². The van der Waals surface area contributed by atoms with Gasteiger partial charge in [0.15, 0.2) is 23.5 Å². The van der Waals surface area contributed by atoms with Gasteiger partial charge in [-0.3, -0.25) is 9.59 Å². The maximum absolute atomic E-state index is 13.0. The monoisotopic (exact) mass is 588 g/mol. The number of hydrogen-bond donors (Lipinski definition) is 1. The van der Waals surface area contributed by atoms with Crippen LogP contribution in [0.1, 0.15) is 31.2 Å². The molecule has 0 radical (unpaired) electrons. The lowest BCUT2D eigenvalue weighted by Crippen LogP contribution is -2.29. The number of rotatable bonds is 16. The number of methoxy groups -OCH3 is 3. The molecule has 0 bridgehead atoms. The summed E-state index contributed by atoms with van der Waals surface area (Å²) in [6.45, 7) is 2.57. The Morgan fingerprint density at radius 3 is 2.28 bits per heavy atom. The van der Waals surface area contributed by atoms with E-state index in [9.17, 15) is 9.59 Å². The molecule has 0 aliphatic heterocycles. The molecule has 0 atom stereocenters. The number of carbonyl (C=O) groups excluding carboxylic acids is 1. The molecule has 1 amide bonds. The predicted molar refractivity (Wildman–Crippen MR) is 167 cm³/mol. The normalized spacial score (nSPS) is 11.0. The summed E-state index contributed by atoms with van der Waals surface area (Å²) in [7, 11) is 6.58. The molecule has 0 spiro atoms. The van der Waals surface area contributed by atoms with E-state index in [-0.39, 0.29) is 29.1 Å². The molecule has 43 heavy (non-hydrogen) atoms. The molecule has 9 nitrogen and oxygen atoms in total. The third-order valence-electron chi connectivity index (χ3n) is 7.12. The standard InChI is InChI=1S/C34H40N2O7/c1-36(22-24-12-8-7-9-13-24)19-11-6-5-10-18-35-31(38)23-42-26-16-14-25(15-17-26)28-20-27(37)32-29(43-28)21-30(39-2)33(40-3)34(32)41-4/h7-9,12-17,20-21H,5-6,10-11,18-19,22-23H2,1-4H3,(H,35,38). The summed E-state index contributed by atoms with van der Waals surface area (Å²) in [5, 5.41) is 3.18. The zero-order valence-corrected chi connectivity index (χ0v) is 25.3. The highest BCUT2D eigenvalue weighted by molar-refractivity contribution is 5.90. The van der Waals surface area contributed by atoms with Crippen LogP contribution < -0.4 is 29.7 Å². The van der Waals surface area contributed by atoms with E-state index in [0.29, 0.717) is 40.7 Å². The van der Waals surface area contributed by atoms with Crippen molar-refractivity contribution in [1.82, 2.24) is 10.2 Å². The highest BCUT2D eigenvalue weighted by atomic mass is 16.5. The molecule has 1 heterocycles. The van der Waals surface area contributed by atoms with Gasteiger partial charge in [-0.05, 0) is 56.3 Å². The van der Waals surface area contributed by atoms with Crippen molar-refractivity contribution in [2.75, 3.05) is 48.1 Å². The molecule has 0 unspecified atom stereocenters. The summed E-state index contributed by atoms with van der Waals surface area (Å²) in [5.41, 5.74) is 2.04. The van der Waals surface area contributed by atoms with E-state index in [0.717, 1.165) is 38.8 Å². The molecule has 0 aliphatic carbocycles. The molecule has 4 aromatic rings. The zero-order chi connectivity index (χ0) is 30.6. The van der Waals surface area contributed by atoms with E-state index in [1.54, 1.807) is 30.3 Å². The first-order chi connectivity index (χ1) is 20.9. The minimum absolute atomic E-state index is 0.0733. The molecule has 228 valence electrons. The highest BCUT2D eigenvalue weighted by Crippen LogP contribution is 2.42. The van der Waals surface area contributed by atoms with Gasteiger partial charge in [0.25, 0.3) is 5.91 Å². The summed E-state index contributed by atoms with van der Waals surface area (Å²) < 4.78 is 27.9. The zero-order valence-electron chi connectivity index (χ0n) is 25.3. The van der Waals surface area contributed by atoms with Crippen LogP contribution in [0.5, 0.6) is 23.0 Å².